The molecule has 146 valence electrons. The van der Waals surface area contributed by atoms with Gasteiger partial charge in [-0.2, -0.15) is 0 Å². The van der Waals surface area contributed by atoms with Crippen molar-refractivity contribution in [1.82, 2.24) is 15.5 Å². The van der Waals surface area contributed by atoms with Gasteiger partial charge in [0.1, 0.15) is 0 Å². The number of hydrogen-bond donors (Lipinski definition) is 3. The number of nitrogens with one attached hydrogen (secondary N) is 2. The van der Waals surface area contributed by atoms with Gasteiger partial charge in [-0.05, 0) is 38.5 Å². The Kier molecular flexibility index (Phi) is 11.7. The summed E-state index contributed by atoms with van der Waals surface area (Å²) in [4.78, 5) is 6.92. The number of halogens is 1. The van der Waals surface area contributed by atoms with Crippen LogP contribution in [0.3, 0.4) is 0 Å². The third-order valence-electron chi connectivity index (χ3n) is 4.48. The van der Waals surface area contributed by atoms with E-state index < -0.39 is 6.10 Å². The first-order valence-corrected chi connectivity index (χ1v) is 9.35. The molecule has 0 spiro atoms. The highest BCUT2D eigenvalue weighted by Crippen LogP contribution is 2.28. The highest BCUT2D eigenvalue weighted by atomic mass is 127. The summed E-state index contributed by atoms with van der Waals surface area (Å²) in [5, 5.41) is 16.8. The minimum Gasteiger partial charge on any atom is -0.389 e. The van der Waals surface area contributed by atoms with Gasteiger partial charge in [-0.3, -0.25) is 9.89 Å². The minimum absolute atomic E-state index is 0. The molecule has 2 rings (SSSR count). The van der Waals surface area contributed by atoms with Gasteiger partial charge in [0, 0.05) is 38.8 Å². The second-order valence-corrected chi connectivity index (χ2v) is 6.86. The van der Waals surface area contributed by atoms with Crippen LogP contribution in [0.5, 0.6) is 0 Å². The average Bonchev–Trinajstić information content (AvgIpc) is 3.39. The first-order chi connectivity index (χ1) is 11.7. The van der Waals surface area contributed by atoms with Crippen LogP contribution in [0, 0.1) is 5.92 Å². The fourth-order valence-corrected chi connectivity index (χ4v) is 2.86. The molecule has 0 radical (unpaired) electrons. The van der Waals surface area contributed by atoms with Crippen LogP contribution in [0.1, 0.15) is 32.6 Å². The zero-order valence-corrected chi connectivity index (χ0v) is 17.8. The lowest BCUT2D eigenvalue weighted by Crippen LogP contribution is -2.49. The Bertz CT molecular complexity index is 397. The quantitative estimate of drug-likeness (QED) is 0.198. The molecule has 0 aromatic rings. The van der Waals surface area contributed by atoms with E-state index in [1.807, 2.05) is 6.08 Å². The first kappa shape index (κ1) is 22.7. The van der Waals surface area contributed by atoms with Crippen LogP contribution in [-0.4, -0.2) is 74.0 Å². The molecule has 3 N–H and O–H groups in total. The second-order valence-electron chi connectivity index (χ2n) is 6.86. The van der Waals surface area contributed by atoms with Crippen LogP contribution in [-0.2, 0) is 4.74 Å². The number of piperidine rings is 1. The number of ether oxygens (including phenoxy) is 1. The van der Waals surface area contributed by atoms with E-state index in [1.165, 1.54) is 12.8 Å². The summed E-state index contributed by atoms with van der Waals surface area (Å²) in [7, 11) is 0. The van der Waals surface area contributed by atoms with Crippen molar-refractivity contribution in [2.75, 3.05) is 45.9 Å². The van der Waals surface area contributed by atoms with Crippen LogP contribution in [0.2, 0.25) is 0 Å². The molecule has 1 heterocycles. The standard InChI is InChI=1S/C18H34N4O2.HI/c1-3-9-22-10-7-16(8-11-22)21-18(19-4-2)20-12-17(23)14-24-13-15-5-6-15;/h3,15-17,23H,1,4-14H2,2H3,(H2,19,20,21);1H. The maximum atomic E-state index is 10.00. The predicted octanol–water partition coefficient (Wildman–Crippen LogP) is 1.60. The summed E-state index contributed by atoms with van der Waals surface area (Å²) in [6.45, 7) is 11.3. The van der Waals surface area contributed by atoms with Crippen LogP contribution in [0.25, 0.3) is 0 Å². The van der Waals surface area contributed by atoms with E-state index in [9.17, 15) is 5.11 Å². The highest BCUT2D eigenvalue weighted by Gasteiger charge is 2.22. The van der Waals surface area contributed by atoms with Gasteiger partial charge in [0.2, 0.25) is 0 Å². The van der Waals surface area contributed by atoms with E-state index in [0.717, 1.165) is 57.5 Å². The number of aliphatic imine (C=N–C) groups is 1. The molecule has 25 heavy (non-hydrogen) atoms. The topological polar surface area (TPSA) is 69.1 Å². The Morgan fingerprint density at radius 2 is 2.08 bits per heavy atom. The van der Waals surface area contributed by atoms with Crippen molar-refractivity contribution < 1.29 is 9.84 Å². The molecule has 7 heteroatoms. The number of aliphatic hydroxyl groups is 1. The Labute approximate surface area is 169 Å². The lowest BCUT2D eigenvalue weighted by atomic mass is 10.1. The van der Waals surface area contributed by atoms with Crippen molar-refractivity contribution in [2.24, 2.45) is 10.9 Å². The van der Waals surface area contributed by atoms with Gasteiger partial charge < -0.3 is 20.5 Å². The molecule has 1 saturated carbocycles. The smallest absolute Gasteiger partial charge is 0.191 e. The molecule has 1 unspecified atom stereocenters. The number of aliphatic hydroxyl groups excluding tert-OH is 1. The Morgan fingerprint density at radius 3 is 2.68 bits per heavy atom. The van der Waals surface area contributed by atoms with Crippen molar-refractivity contribution in [3.8, 4) is 0 Å². The number of rotatable bonds is 10. The van der Waals surface area contributed by atoms with E-state index in [-0.39, 0.29) is 24.0 Å². The van der Waals surface area contributed by atoms with Gasteiger partial charge in [0.15, 0.2) is 5.96 Å². The monoisotopic (exact) mass is 466 g/mol. The van der Waals surface area contributed by atoms with Gasteiger partial charge in [0.25, 0.3) is 0 Å². The van der Waals surface area contributed by atoms with Gasteiger partial charge in [0.05, 0.1) is 19.3 Å². The van der Waals surface area contributed by atoms with Crippen molar-refractivity contribution in [1.29, 1.82) is 0 Å². The van der Waals surface area contributed by atoms with Crippen LogP contribution >= 0.6 is 24.0 Å². The molecular weight excluding hydrogens is 431 g/mol. The lowest BCUT2D eigenvalue weighted by Gasteiger charge is -2.32. The summed E-state index contributed by atoms with van der Waals surface area (Å²) >= 11 is 0. The number of guanidine groups is 1. The fraction of sp³-hybridized carbons (Fsp3) is 0.833. The van der Waals surface area contributed by atoms with Crippen molar-refractivity contribution in [3.05, 3.63) is 12.7 Å². The lowest BCUT2D eigenvalue weighted by molar-refractivity contribution is 0.0368. The van der Waals surface area contributed by atoms with Gasteiger partial charge >= 0.3 is 0 Å². The summed E-state index contributed by atoms with van der Waals surface area (Å²) in [5.74, 6) is 1.52. The molecule has 1 saturated heterocycles. The normalized spacial score (nSPS) is 20.6. The number of nitrogens with zero attached hydrogens (tertiary/aromatic N) is 2. The molecule has 6 nitrogen and oxygen atoms in total. The molecule has 0 amide bonds. The Morgan fingerprint density at radius 1 is 1.36 bits per heavy atom. The highest BCUT2D eigenvalue weighted by molar-refractivity contribution is 14.0. The molecule has 2 aliphatic rings. The third-order valence-corrected chi connectivity index (χ3v) is 4.48. The average molecular weight is 466 g/mol. The minimum atomic E-state index is -0.534. The predicted molar refractivity (Wildman–Crippen MR) is 114 cm³/mol. The summed E-state index contributed by atoms with van der Waals surface area (Å²) in [5.41, 5.74) is 0. The van der Waals surface area contributed by atoms with Crippen LogP contribution in [0.4, 0.5) is 0 Å². The molecule has 1 aliphatic carbocycles. The molecule has 0 aromatic heterocycles. The largest absolute Gasteiger partial charge is 0.389 e. The zero-order chi connectivity index (χ0) is 17.2. The van der Waals surface area contributed by atoms with E-state index in [4.69, 9.17) is 4.74 Å². The molecule has 1 aliphatic heterocycles. The van der Waals surface area contributed by atoms with Gasteiger partial charge in [-0.15, -0.1) is 30.6 Å². The Balaban J connectivity index is 0.00000312. The second kappa shape index (κ2) is 12.9. The van der Waals surface area contributed by atoms with E-state index in [1.54, 1.807) is 0 Å². The molecule has 2 fully saturated rings. The van der Waals surface area contributed by atoms with E-state index in [0.29, 0.717) is 19.2 Å². The van der Waals surface area contributed by atoms with Gasteiger partial charge in [-0.1, -0.05) is 6.08 Å². The number of hydrogen-bond acceptors (Lipinski definition) is 4. The zero-order valence-electron chi connectivity index (χ0n) is 15.5. The SMILES string of the molecule is C=CCN1CCC(NC(=NCC(O)COCC2CC2)NCC)CC1.I. The molecule has 0 bridgehead atoms. The Hall–Kier alpha value is -0.380. The maximum Gasteiger partial charge on any atom is 0.191 e. The molecular formula is C18H35IN4O2. The summed E-state index contributed by atoms with van der Waals surface area (Å²) in [6, 6.07) is 0.437. The van der Waals surface area contributed by atoms with E-state index in [2.05, 4.69) is 34.0 Å². The van der Waals surface area contributed by atoms with Crippen LogP contribution in [0.15, 0.2) is 17.6 Å². The fourth-order valence-electron chi connectivity index (χ4n) is 2.86. The summed E-state index contributed by atoms with van der Waals surface area (Å²) in [6.07, 6.45) is 6.18. The third kappa shape index (κ3) is 9.77. The number of likely N-dealkylation sites (tertiary alicyclic amines) is 1. The molecule has 1 atom stereocenters. The summed E-state index contributed by atoms with van der Waals surface area (Å²) < 4.78 is 5.52. The van der Waals surface area contributed by atoms with Gasteiger partial charge in [-0.25, -0.2) is 0 Å². The molecule has 0 aromatic carbocycles. The van der Waals surface area contributed by atoms with Crippen molar-refractivity contribution in [2.45, 2.75) is 44.8 Å². The van der Waals surface area contributed by atoms with Crippen molar-refractivity contribution in [3.63, 3.8) is 0 Å². The maximum absolute atomic E-state index is 10.00. The van der Waals surface area contributed by atoms with E-state index >= 15 is 0 Å². The first-order valence-electron chi connectivity index (χ1n) is 9.35. The van der Waals surface area contributed by atoms with Crippen LogP contribution < -0.4 is 10.6 Å². The van der Waals surface area contributed by atoms with Crippen molar-refractivity contribution >= 4 is 29.9 Å².